The van der Waals surface area contributed by atoms with Crippen LogP contribution in [0.3, 0.4) is 0 Å². The highest BCUT2D eigenvalue weighted by atomic mass is 79.9. The number of hydrogen-bond acceptors (Lipinski definition) is 3. The Morgan fingerprint density at radius 1 is 1.48 bits per heavy atom. The molecule has 3 N–H and O–H groups in total. The number of carbonyl (C=O) groups is 1. The number of benzene rings is 1. The second-order valence-corrected chi connectivity index (χ2v) is 6.82. The minimum absolute atomic E-state index is 0.118. The zero-order valence-electron chi connectivity index (χ0n) is 13.4. The molecule has 0 heterocycles. The topological polar surface area (TPSA) is 64.3 Å². The second kappa shape index (κ2) is 7.27. The van der Waals surface area contributed by atoms with Gasteiger partial charge >= 0.3 is 0 Å². The number of ether oxygens (including phenoxy) is 1. The number of nitrogens with two attached hydrogens (primary N) is 1. The van der Waals surface area contributed by atoms with Crippen LogP contribution in [0.5, 0.6) is 5.75 Å². The number of carbonyl (C=O) groups excluding carboxylic acids is 1. The number of halogens is 1. The van der Waals surface area contributed by atoms with Crippen LogP contribution in [0.1, 0.15) is 45.2 Å². The highest BCUT2D eigenvalue weighted by Gasteiger charge is 2.24. The maximum atomic E-state index is 12.2. The first-order chi connectivity index (χ1) is 9.70. The van der Waals surface area contributed by atoms with Gasteiger partial charge in [-0.05, 0) is 51.8 Å². The number of hydrogen-bond donors (Lipinski definition) is 2. The summed E-state index contributed by atoms with van der Waals surface area (Å²) in [6.45, 7) is 10.1. The first-order valence-electron chi connectivity index (χ1n) is 7.18. The summed E-state index contributed by atoms with van der Waals surface area (Å²) in [6, 6.07) is 3.87. The van der Waals surface area contributed by atoms with Crippen LogP contribution in [0.25, 0.3) is 0 Å². The van der Waals surface area contributed by atoms with E-state index in [0.717, 1.165) is 22.0 Å². The summed E-state index contributed by atoms with van der Waals surface area (Å²) in [4.78, 5) is 12.2. The molecule has 1 amide bonds. The van der Waals surface area contributed by atoms with Crippen molar-refractivity contribution in [1.82, 2.24) is 5.32 Å². The molecule has 21 heavy (non-hydrogen) atoms. The number of aryl methyl sites for hydroxylation is 1. The number of nitrogens with one attached hydrogen (secondary N) is 1. The molecule has 1 atom stereocenters. The van der Waals surface area contributed by atoms with E-state index in [1.807, 2.05) is 39.8 Å². The first-order valence-corrected chi connectivity index (χ1v) is 7.97. The summed E-state index contributed by atoms with van der Waals surface area (Å²) in [6.07, 6.45) is 0.289. The Bertz CT molecular complexity index is 515. The second-order valence-electron chi connectivity index (χ2n) is 5.90. The van der Waals surface area contributed by atoms with Gasteiger partial charge < -0.3 is 15.8 Å². The van der Waals surface area contributed by atoms with Gasteiger partial charge in [0.1, 0.15) is 5.75 Å². The van der Waals surface area contributed by atoms with E-state index < -0.39 is 6.10 Å². The van der Waals surface area contributed by atoms with E-state index in [1.54, 1.807) is 6.92 Å². The number of rotatable bonds is 6. The Balaban J connectivity index is 2.88. The minimum atomic E-state index is -0.569. The quantitative estimate of drug-likeness (QED) is 0.821. The van der Waals surface area contributed by atoms with Crippen molar-refractivity contribution in [2.45, 2.75) is 59.2 Å². The molecule has 0 aliphatic rings. The smallest absolute Gasteiger partial charge is 0.261 e. The molecule has 0 aromatic heterocycles. The van der Waals surface area contributed by atoms with Crippen molar-refractivity contribution >= 4 is 21.8 Å². The minimum Gasteiger partial charge on any atom is -0.480 e. The fourth-order valence-electron chi connectivity index (χ4n) is 1.87. The Hall–Kier alpha value is -1.07. The molecule has 1 unspecified atom stereocenters. The van der Waals surface area contributed by atoms with Crippen molar-refractivity contribution in [3.63, 3.8) is 0 Å². The van der Waals surface area contributed by atoms with Crippen molar-refractivity contribution in [2.24, 2.45) is 5.73 Å². The molecule has 4 nitrogen and oxygen atoms in total. The van der Waals surface area contributed by atoms with Crippen molar-refractivity contribution in [2.75, 3.05) is 0 Å². The highest BCUT2D eigenvalue weighted by Crippen LogP contribution is 2.28. The SMILES string of the molecule is CCC(C)(C)NC(=O)C(C)Oc1c(C)cc(Br)cc1CN. The molecule has 0 saturated heterocycles. The summed E-state index contributed by atoms with van der Waals surface area (Å²) < 4.78 is 6.82. The monoisotopic (exact) mass is 356 g/mol. The van der Waals surface area contributed by atoms with Crippen LogP contribution in [0.4, 0.5) is 0 Å². The largest absolute Gasteiger partial charge is 0.480 e. The van der Waals surface area contributed by atoms with Gasteiger partial charge in [-0.25, -0.2) is 0 Å². The average molecular weight is 357 g/mol. The zero-order chi connectivity index (χ0) is 16.2. The highest BCUT2D eigenvalue weighted by molar-refractivity contribution is 9.10. The fraction of sp³-hybridized carbons (Fsp3) is 0.562. The van der Waals surface area contributed by atoms with Crippen LogP contribution in [0, 0.1) is 6.92 Å². The molecule has 1 rings (SSSR count). The fourth-order valence-corrected chi connectivity index (χ4v) is 2.49. The van der Waals surface area contributed by atoms with Crippen molar-refractivity contribution in [3.05, 3.63) is 27.7 Å². The molecular weight excluding hydrogens is 332 g/mol. The summed E-state index contributed by atoms with van der Waals surface area (Å²) in [7, 11) is 0. The Labute approximate surface area is 135 Å². The maximum Gasteiger partial charge on any atom is 0.261 e. The van der Waals surface area contributed by atoms with Gasteiger partial charge in [-0.15, -0.1) is 0 Å². The molecule has 0 aliphatic carbocycles. The third-order valence-corrected chi connectivity index (χ3v) is 4.00. The standard InChI is InChI=1S/C16H25BrN2O2/c1-6-16(4,5)19-15(20)11(3)21-14-10(2)7-13(17)8-12(14)9-18/h7-8,11H,6,9,18H2,1-5H3,(H,19,20). The summed E-state index contributed by atoms with van der Waals surface area (Å²) in [5.41, 5.74) is 7.37. The molecule has 1 aromatic rings. The first kappa shape index (κ1) is 18.0. The normalized spacial score (nSPS) is 12.9. The van der Waals surface area contributed by atoms with Gasteiger partial charge in [-0.1, -0.05) is 22.9 Å². The van der Waals surface area contributed by atoms with Gasteiger partial charge in [0.15, 0.2) is 6.10 Å². The van der Waals surface area contributed by atoms with Crippen LogP contribution in [-0.4, -0.2) is 17.6 Å². The van der Waals surface area contributed by atoms with Crippen molar-refractivity contribution in [3.8, 4) is 5.75 Å². The predicted octanol–water partition coefficient (Wildman–Crippen LogP) is 3.29. The van der Waals surface area contributed by atoms with Gasteiger partial charge in [0.05, 0.1) is 0 Å². The molecule has 0 spiro atoms. The van der Waals surface area contributed by atoms with E-state index in [-0.39, 0.29) is 11.4 Å². The predicted molar refractivity (Wildman–Crippen MR) is 89.4 cm³/mol. The summed E-state index contributed by atoms with van der Waals surface area (Å²) in [5, 5.41) is 2.99. The van der Waals surface area contributed by atoms with Crippen molar-refractivity contribution in [1.29, 1.82) is 0 Å². The molecule has 0 fully saturated rings. The lowest BCUT2D eigenvalue weighted by molar-refractivity contribution is -0.129. The summed E-state index contributed by atoms with van der Waals surface area (Å²) >= 11 is 3.44. The van der Waals surface area contributed by atoms with E-state index in [4.69, 9.17) is 10.5 Å². The molecule has 1 aromatic carbocycles. The van der Waals surface area contributed by atoms with Crippen LogP contribution in [-0.2, 0) is 11.3 Å². The van der Waals surface area contributed by atoms with E-state index >= 15 is 0 Å². The van der Waals surface area contributed by atoms with Gasteiger partial charge in [-0.2, -0.15) is 0 Å². The third-order valence-electron chi connectivity index (χ3n) is 3.55. The van der Waals surface area contributed by atoms with Crippen molar-refractivity contribution < 1.29 is 9.53 Å². The molecular formula is C16H25BrN2O2. The Kier molecular flexibility index (Phi) is 6.23. The lowest BCUT2D eigenvalue weighted by Gasteiger charge is -2.27. The van der Waals surface area contributed by atoms with Gasteiger partial charge in [0.2, 0.25) is 0 Å². The average Bonchev–Trinajstić information content (AvgIpc) is 2.40. The lowest BCUT2D eigenvalue weighted by atomic mass is 10.0. The van der Waals surface area contributed by atoms with Crippen LogP contribution < -0.4 is 15.8 Å². The van der Waals surface area contributed by atoms with Gasteiger partial charge in [0.25, 0.3) is 5.91 Å². The van der Waals surface area contributed by atoms with E-state index in [0.29, 0.717) is 12.3 Å². The van der Waals surface area contributed by atoms with Crippen LogP contribution >= 0.6 is 15.9 Å². The van der Waals surface area contributed by atoms with E-state index in [9.17, 15) is 4.79 Å². The molecule has 0 bridgehead atoms. The van der Waals surface area contributed by atoms with Gasteiger partial charge in [-0.3, -0.25) is 4.79 Å². The maximum absolute atomic E-state index is 12.2. The van der Waals surface area contributed by atoms with Gasteiger partial charge in [0, 0.05) is 22.1 Å². The lowest BCUT2D eigenvalue weighted by Crippen LogP contribution is -2.48. The molecule has 0 radical (unpaired) electrons. The van der Waals surface area contributed by atoms with Crippen LogP contribution in [0.2, 0.25) is 0 Å². The van der Waals surface area contributed by atoms with E-state index in [1.165, 1.54) is 0 Å². The van der Waals surface area contributed by atoms with E-state index in [2.05, 4.69) is 21.2 Å². The molecule has 0 saturated carbocycles. The van der Waals surface area contributed by atoms with Crippen LogP contribution in [0.15, 0.2) is 16.6 Å². The Morgan fingerprint density at radius 3 is 2.62 bits per heavy atom. The summed E-state index contributed by atoms with van der Waals surface area (Å²) in [5.74, 6) is 0.574. The molecule has 118 valence electrons. The zero-order valence-corrected chi connectivity index (χ0v) is 15.0. The third kappa shape index (κ3) is 5.00. The Morgan fingerprint density at radius 2 is 2.10 bits per heavy atom. The molecule has 5 heteroatoms. The number of amides is 1. The molecule has 0 aliphatic heterocycles.